The third-order valence-corrected chi connectivity index (χ3v) is 8.10. The zero-order valence-corrected chi connectivity index (χ0v) is 24.4. The first-order valence-electron chi connectivity index (χ1n) is 14.0. The number of rotatable bonds is 18. The second-order valence-corrected chi connectivity index (χ2v) is 12.9. The third kappa shape index (κ3) is 9.81. The van der Waals surface area contributed by atoms with Crippen molar-refractivity contribution in [3.05, 3.63) is 5.69 Å². The number of carbonyl (C=O) groups is 2. The molecule has 0 aliphatic carbocycles. The summed E-state index contributed by atoms with van der Waals surface area (Å²) in [4.78, 5) is 35.9. The first-order valence-corrected chi connectivity index (χ1v) is 16.0. The van der Waals surface area contributed by atoms with Gasteiger partial charge >= 0.3 is 5.97 Å². The van der Waals surface area contributed by atoms with Gasteiger partial charge in [0.2, 0.25) is 11.9 Å². The van der Waals surface area contributed by atoms with E-state index in [1.54, 1.807) is 6.21 Å². The Hall–Kier alpha value is -2.96. The molecule has 1 fully saturated rings. The minimum absolute atomic E-state index is 0.109. The van der Waals surface area contributed by atoms with Crippen LogP contribution >= 0.6 is 0 Å². The summed E-state index contributed by atoms with van der Waals surface area (Å²) >= 11 is 0. The predicted octanol–water partition coefficient (Wildman–Crippen LogP) is -1.74. The van der Waals surface area contributed by atoms with Crippen molar-refractivity contribution in [3.63, 3.8) is 0 Å². The number of fused-ring (bicyclic) bond motifs is 1. The van der Waals surface area contributed by atoms with E-state index in [-0.39, 0.29) is 36.4 Å². The molecule has 0 aromatic carbocycles. The van der Waals surface area contributed by atoms with Crippen LogP contribution in [-0.2, 0) is 24.2 Å². The van der Waals surface area contributed by atoms with Crippen LogP contribution in [0.15, 0.2) is 4.99 Å². The summed E-state index contributed by atoms with van der Waals surface area (Å²) in [6, 6.07) is -1.00. The molecule has 6 atom stereocenters. The Morgan fingerprint density at radius 3 is 2.55 bits per heavy atom. The largest absolute Gasteiger partial charge is 0.480 e. The Morgan fingerprint density at radius 2 is 1.83 bits per heavy atom. The number of unbranched alkanes of at least 4 members (excludes halogenated alkanes) is 3. The quantitative estimate of drug-likeness (QED) is 0.0854. The van der Waals surface area contributed by atoms with E-state index < -0.39 is 52.2 Å². The van der Waals surface area contributed by atoms with Crippen LogP contribution in [0.25, 0.3) is 0 Å². The standard InChI is InChI=1S/C25H42N8O8S/c1-42(39,40)11-5-3-2-4-6-17(34)29-9-10-30-25-32-18-14(12-31-19(18)23(27)33-25)22-21(36)20(35)16(41-22)13-28-8-7-15(26)24(37)38/h12,14-16,20-22,28,35-36H,2-11,13,26H2,1H3,(H,29,34)(H,37,38)(H3,27,30,32,33)/t14?,15-,16+,20+,21+,22-/m0/s1. The molecule has 3 heterocycles. The fourth-order valence-corrected chi connectivity index (χ4v) is 5.46. The highest BCUT2D eigenvalue weighted by atomic mass is 32.2. The number of aliphatic imine (C=N–C) groups is 1. The maximum atomic E-state index is 12.1. The number of aromatic nitrogens is 2. The molecule has 1 unspecified atom stereocenters. The van der Waals surface area contributed by atoms with Crippen molar-refractivity contribution in [2.75, 3.05) is 49.2 Å². The lowest BCUT2D eigenvalue weighted by Gasteiger charge is -2.20. The maximum absolute atomic E-state index is 12.1. The molecule has 0 bridgehead atoms. The average molecular weight is 615 g/mol. The van der Waals surface area contributed by atoms with E-state index in [0.717, 1.165) is 12.8 Å². The van der Waals surface area contributed by atoms with Crippen LogP contribution < -0.4 is 27.4 Å². The van der Waals surface area contributed by atoms with Gasteiger partial charge in [-0.25, -0.2) is 13.4 Å². The highest BCUT2D eigenvalue weighted by molar-refractivity contribution is 7.90. The fourth-order valence-electron chi connectivity index (χ4n) is 4.74. The Bertz CT molecular complexity index is 1220. The smallest absolute Gasteiger partial charge is 0.320 e. The van der Waals surface area contributed by atoms with Crippen LogP contribution in [0.4, 0.5) is 17.5 Å². The van der Waals surface area contributed by atoms with Crippen LogP contribution in [-0.4, -0.2) is 120 Å². The van der Waals surface area contributed by atoms with Crippen molar-refractivity contribution in [2.24, 2.45) is 10.7 Å². The molecule has 42 heavy (non-hydrogen) atoms. The molecule has 17 heteroatoms. The Kier molecular flexibility index (Phi) is 12.4. The summed E-state index contributed by atoms with van der Waals surface area (Å²) in [5.41, 5.74) is 12.4. The number of aliphatic hydroxyl groups is 2. The van der Waals surface area contributed by atoms with Gasteiger partial charge in [0, 0.05) is 44.3 Å². The van der Waals surface area contributed by atoms with Crippen molar-refractivity contribution < 1.29 is 38.1 Å². The number of carboxylic acid groups (broad SMARTS) is 1. The zero-order chi connectivity index (χ0) is 30.9. The van der Waals surface area contributed by atoms with E-state index in [1.165, 1.54) is 6.26 Å². The second-order valence-electron chi connectivity index (χ2n) is 10.6. The monoisotopic (exact) mass is 614 g/mol. The number of nitrogens with zero attached hydrogens (tertiary/aromatic N) is 3. The lowest BCUT2D eigenvalue weighted by molar-refractivity contribution is -0.138. The van der Waals surface area contributed by atoms with Gasteiger partial charge in [0.05, 0.1) is 23.8 Å². The molecule has 16 nitrogen and oxygen atoms in total. The van der Waals surface area contributed by atoms with Crippen molar-refractivity contribution in [2.45, 2.75) is 74.9 Å². The SMILES string of the molecule is CS(=O)(=O)CCCCCCC(=O)NCCNc1nc(N)c2c(n1)C([C@@H]1O[C@H](CNCC[C@H](N)C(=O)O)[C@@H](O)[C@H]1O)C=N2. The average Bonchev–Trinajstić information content (AvgIpc) is 3.46. The van der Waals surface area contributed by atoms with Gasteiger partial charge in [-0.15, -0.1) is 0 Å². The first kappa shape index (κ1) is 33.5. The van der Waals surface area contributed by atoms with Crippen LogP contribution in [0.1, 0.15) is 50.1 Å². The maximum Gasteiger partial charge on any atom is 0.320 e. The van der Waals surface area contributed by atoms with Crippen LogP contribution in [0.3, 0.4) is 0 Å². The number of carbonyl (C=O) groups excluding carboxylic acids is 1. The Balaban J connectivity index is 1.44. The van der Waals surface area contributed by atoms with Gasteiger partial charge in [0.1, 0.15) is 33.8 Å². The molecule has 1 amide bonds. The molecule has 0 radical (unpaired) electrons. The van der Waals surface area contributed by atoms with E-state index in [0.29, 0.717) is 50.3 Å². The molecule has 0 saturated carbocycles. The van der Waals surface area contributed by atoms with E-state index in [9.17, 15) is 28.2 Å². The van der Waals surface area contributed by atoms with E-state index >= 15 is 0 Å². The summed E-state index contributed by atoms with van der Waals surface area (Å²) in [5, 5.41) is 39.0. The highest BCUT2D eigenvalue weighted by Crippen LogP contribution is 2.41. The van der Waals surface area contributed by atoms with Crippen molar-refractivity contribution >= 4 is 45.4 Å². The molecular weight excluding hydrogens is 572 g/mol. The van der Waals surface area contributed by atoms with E-state index in [2.05, 4.69) is 30.9 Å². The van der Waals surface area contributed by atoms with Gasteiger partial charge in [0.25, 0.3) is 0 Å². The molecule has 1 aromatic rings. The second kappa shape index (κ2) is 15.5. The zero-order valence-electron chi connectivity index (χ0n) is 23.6. The minimum Gasteiger partial charge on any atom is -0.480 e. The molecule has 10 N–H and O–H groups in total. The number of sulfone groups is 1. The summed E-state index contributed by atoms with van der Waals surface area (Å²) in [7, 11) is -2.95. The molecule has 236 valence electrons. The molecule has 1 aromatic heterocycles. The topological polar surface area (TPSA) is 264 Å². The van der Waals surface area contributed by atoms with Crippen LogP contribution in [0.5, 0.6) is 0 Å². The lowest BCUT2D eigenvalue weighted by atomic mass is 9.94. The van der Waals surface area contributed by atoms with E-state index in [4.69, 9.17) is 21.3 Å². The number of nitrogens with one attached hydrogen (secondary N) is 3. The predicted molar refractivity (Wildman–Crippen MR) is 155 cm³/mol. The lowest BCUT2D eigenvalue weighted by Crippen LogP contribution is -2.40. The fraction of sp³-hybridized carbons (Fsp3) is 0.720. The number of ether oxygens (including phenoxy) is 1. The van der Waals surface area contributed by atoms with Gasteiger partial charge in [-0.05, 0) is 25.8 Å². The number of hydrogen-bond donors (Lipinski definition) is 8. The van der Waals surface area contributed by atoms with E-state index in [1.807, 2.05) is 0 Å². The number of amides is 1. The first-order chi connectivity index (χ1) is 19.9. The van der Waals surface area contributed by atoms with Crippen molar-refractivity contribution in [1.82, 2.24) is 20.6 Å². The number of anilines is 2. The van der Waals surface area contributed by atoms with Gasteiger partial charge < -0.3 is 47.5 Å². The number of aliphatic hydroxyl groups excluding tert-OH is 2. The number of nitrogen functional groups attached to an aromatic ring is 1. The number of aliphatic carboxylic acids is 1. The molecular formula is C25H42N8O8S. The van der Waals surface area contributed by atoms with Gasteiger partial charge in [-0.2, -0.15) is 4.98 Å². The van der Waals surface area contributed by atoms with Gasteiger partial charge in [-0.1, -0.05) is 12.8 Å². The minimum atomic E-state index is -2.95. The molecule has 2 aliphatic rings. The summed E-state index contributed by atoms with van der Waals surface area (Å²) in [6.45, 7) is 1.10. The summed E-state index contributed by atoms with van der Waals surface area (Å²) < 4.78 is 28.2. The van der Waals surface area contributed by atoms with Crippen molar-refractivity contribution in [3.8, 4) is 0 Å². The Morgan fingerprint density at radius 1 is 1.10 bits per heavy atom. The molecule has 0 spiro atoms. The number of carboxylic acids is 1. The van der Waals surface area contributed by atoms with Gasteiger partial charge in [-0.3, -0.25) is 14.6 Å². The highest BCUT2D eigenvalue weighted by Gasteiger charge is 2.48. The normalized spacial score (nSPS) is 24.0. The summed E-state index contributed by atoms with van der Waals surface area (Å²) in [5.74, 6) is -1.31. The molecule has 3 rings (SSSR count). The molecule has 1 saturated heterocycles. The Labute approximate surface area is 244 Å². The third-order valence-electron chi connectivity index (χ3n) is 7.07. The van der Waals surface area contributed by atoms with Gasteiger partial charge in [0.15, 0.2) is 5.82 Å². The molecule has 2 aliphatic heterocycles. The summed E-state index contributed by atoms with van der Waals surface area (Å²) in [6.07, 6.45) is 2.07. The van der Waals surface area contributed by atoms with Crippen LogP contribution in [0.2, 0.25) is 0 Å². The number of nitrogens with two attached hydrogens (primary N) is 2. The number of hydrogen-bond acceptors (Lipinski definition) is 14. The van der Waals surface area contributed by atoms with Crippen LogP contribution in [0, 0.1) is 0 Å². The van der Waals surface area contributed by atoms with Crippen molar-refractivity contribution in [1.29, 1.82) is 0 Å².